The van der Waals surface area contributed by atoms with E-state index in [9.17, 15) is 31.1 Å². The number of anilines is 1. The van der Waals surface area contributed by atoms with Crippen LogP contribution in [0.15, 0.2) is 23.0 Å². The minimum absolute atomic E-state index is 0.0991. The van der Waals surface area contributed by atoms with E-state index in [-0.39, 0.29) is 17.0 Å². The molecule has 0 aliphatic carbocycles. The Labute approximate surface area is 143 Å². The molecule has 1 N–H and O–H groups in total. The first-order valence-corrected chi connectivity index (χ1v) is 7.66. The Hall–Kier alpha value is -2.39. The van der Waals surface area contributed by atoms with Gasteiger partial charge in [-0.3, -0.25) is 4.79 Å². The van der Waals surface area contributed by atoms with Crippen LogP contribution in [0.25, 0.3) is 10.9 Å². The molecule has 4 nitrogen and oxygen atoms in total. The van der Waals surface area contributed by atoms with Crippen LogP contribution in [0.2, 0.25) is 0 Å². The number of aromatic amines is 1. The quantitative estimate of drug-likeness (QED) is 0.759. The molecular weight excluding hydrogens is 366 g/mol. The summed E-state index contributed by atoms with van der Waals surface area (Å²) in [6.45, 7) is 1.65. The van der Waals surface area contributed by atoms with Crippen LogP contribution in [0, 0.1) is 0 Å². The molecule has 26 heavy (non-hydrogen) atoms. The summed E-state index contributed by atoms with van der Waals surface area (Å²) in [5.41, 5.74) is -2.47. The molecule has 10 heteroatoms. The second-order valence-corrected chi connectivity index (χ2v) is 6.19. The summed E-state index contributed by atoms with van der Waals surface area (Å²) in [6.07, 6.45) is -10.2. The number of pyridine rings is 1. The van der Waals surface area contributed by atoms with E-state index in [1.54, 1.807) is 0 Å². The summed E-state index contributed by atoms with van der Waals surface area (Å²) >= 11 is 0. The van der Waals surface area contributed by atoms with E-state index < -0.39 is 47.6 Å². The number of ether oxygens (including phenoxy) is 1. The molecule has 142 valence electrons. The van der Waals surface area contributed by atoms with Crippen LogP contribution < -0.4 is 15.2 Å². The number of nitrogens with one attached hydrogen (secondary N) is 1. The van der Waals surface area contributed by atoms with Crippen LogP contribution in [0.5, 0.6) is 5.75 Å². The first kappa shape index (κ1) is 18.4. The summed E-state index contributed by atoms with van der Waals surface area (Å²) < 4.78 is 84.7. The van der Waals surface area contributed by atoms with E-state index in [0.717, 1.165) is 11.0 Å². The predicted octanol–water partition coefficient (Wildman–Crippen LogP) is 4.09. The fourth-order valence-corrected chi connectivity index (χ4v) is 3.06. The molecule has 0 bridgehead atoms. The molecular formula is C16H14F6N2O2. The van der Waals surface area contributed by atoms with Gasteiger partial charge in [-0.05, 0) is 26.0 Å². The number of hydrogen-bond donors (Lipinski definition) is 1. The third kappa shape index (κ3) is 3.19. The first-order chi connectivity index (χ1) is 11.9. The number of alkyl halides is 6. The van der Waals surface area contributed by atoms with Crippen molar-refractivity contribution in [2.75, 3.05) is 11.4 Å². The lowest BCUT2D eigenvalue weighted by molar-refractivity contribution is -0.136. The lowest BCUT2D eigenvalue weighted by Crippen LogP contribution is -2.50. The van der Waals surface area contributed by atoms with E-state index in [2.05, 4.69) is 4.98 Å². The monoisotopic (exact) mass is 380 g/mol. The van der Waals surface area contributed by atoms with Gasteiger partial charge < -0.3 is 14.6 Å². The van der Waals surface area contributed by atoms with Crippen molar-refractivity contribution in [2.45, 2.75) is 38.3 Å². The fraction of sp³-hybridized carbons (Fsp3) is 0.438. The van der Waals surface area contributed by atoms with Crippen LogP contribution in [-0.4, -0.2) is 29.9 Å². The highest BCUT2D eigenvalue weighted by molar-refractivity contribution is 5.94. The molecule has 1 aliphatic rings. The average Bonchev–Trinajstić information content (AvgIpc) is 2.48. The molecule has 1 aromatic carbocycles. The lowest BCUT2D eigenvalue weighted by Gasteiger charge is -2.41. The molecule has 2 heterocycles. The highest BCUT2D eigenvalue weighted by Crippen LogP contribution is 2.46. The second-order valence-electron chi connectivity index (χ2n) is 6.19. The normalized spacial score (nSPS) is 20.8. The summed E-state index contributed by atoms with van der Waals surface area (Å²) in [6, 6.07) is 2.05. The van der Waals surface area contributed by atoms with Crippen molar-refractivity contribution < 1.29 is 31.1 Å². The van der Waals surface area contributed by atoms with Gasteiger partial charge >= 0.3 is 12.4 Å². The molecule has 1 aromatic heterocycles. The average molecular weight is 380 g/mol. The van der Waals surface area contributed by atoms with Crippen molar-refractivity contribution in [1.29, 1.82) is 0 Å². The zero-order valence-electron chi connectivity index (χ0n) is 13.6. The standard InChI is InChI=1S/C16H14F6N2O2/c1-7-8(2)26-14-11(24(7)6-15(17,18)19)4-3-10-13(14)9(16(20,21)22)5-12(25)23-10/h3-5,7-8H,6H2,1-2H3,(H,23,25)/t7-,8+/m1/s1. The van der Waals surface area contributed by atoms with Crippen LogP contribution in [0.4, 0.5) is 32.0 Å². The van der Waals surface area contributed by atoms with Crippen LogP contribution in [0.1, 0.15) is 19.4 Å². The van der Waals surface area contributed by atoms with Crippen molar-refractivity contribution in [3.8, 4) is 5.75 Å². The smallest absolute Gasteiger partial charge is 0.417 e. The lowest BCUT2D eigenvalue weighted by atomic mass is 10.0. The molecule has 0 unspecified atom stereocenters. The number of hydrogen-bond acceptors (Lipinski definition) is 3. The third-order valence-electron chi connectivity index (χ3n) is 4.38. The molecule has 0 saturated carbocycles. The minimum atomic E-state index is -4.87. The van der Waals surface area contributed by atoms with Crippen molar-refractivity contribution in [2.24, 2.45) is 0 Å². The van der Waals surface area contributed by atoms with Crippen molar-refractivity contribution in [3.63, 3.8) is 0 Å². The Morgan fingerprint density at radius 2 is 1.81 bits per heavy atom. The Bertz CT molecular complexity index is 902. The second kappa shape index (κ2) is 5.82. The number of benzene rings is 1. The molecule has 2 atom stereocenters. The van der Waals surface area contributed by atoms with Crippen LogP contribution >= 0.6 is 0 Å². The molecule has 0 fully saturated rings. The SMILES string of the molecule is C[C@@H]1Oc2c(ccc3[nH]c(=O)cc(C(F)(F)F)c23)N(CC(F)(F)F)[C@@H]1C. The molecule has 3 rings (SSSR count). The zero-order valence-corrected chi connectivity index (χ0v) is 13.6. The van der Waals surface area contributed by atoms with E-state index in [1.807, 2.05) is 0 Å². The maximum atomic E-state index is 13.4. The maximum absolute atomic E-state index is 13.4. The largest absolute Gasteiger partial charge is 0.486 e. The van der Waals surface area contributed by atoms with Gasteiger partial charge in [0.25, 0.3) is 0 Å². The zero-order chi connectivity index (χ0) is 19.4. The van der Waals surface area contributed by atoms with Gasteiger partial charge in [-0.1, -0.05) is 0 Å². The van der Waals surface area contributed by atoms with Crippen molar-refractivity contribution in [1.82, 2.24) is 4.98 Å². The van der Waals surface area contributed by atoms with Gasteiger partial charge in [0, 0.05) is 6.07 Å². The van der Waals surface area contributed by atoms with Gasteiger partial charge in [0.05, 0.1) is 28.2 Å². The molecule has 1 aliphatic heterocycles. The van der Waals surface area contributed by atoms with Gasteiger partial charge in [-0.15, -0.1) is 0 Å². The number of fused-ring (bicyclic) bond motifs is 3. The third-order valence-corrected chi connectivity index (χ3v) is 4.38. The highest BCUT2D eigenvalue weighted by Gasteiger charge is 2.41. The predicted molar refractivity (Wildman–Crippen MR) is 82.5 cm³/mol. The minimum Gasteiger partial charge on any atom is -0.486 e. The summed E-state index contributed by atoms with van der Waals surface area (Å²) in [5.74, 6) is -0.319. The van der Waals surface area contributed by atoms with E-state index in [0.29, 0.717) is 6.07 Å². The van der Waals surface area contributed by atoms with Crippen LogP contribution in [-0.2, 0) is 6.18 Å². The summed E-state index contributed by atoms with van der Waals surface area (Å²) in [4.78, 5) is 14.8. The molecule has 0 radical (unpaired) electrons. The Kier molecular flexibility index (Phi) is 4.12. The maximum Gasteiger partial charge on any atom is 0.417 e. The van der Waals surface area contributed by atoms with E-state index in [1.165, 1.54) is 19.9 Å². The molecule has 0 amide bonds. The number of H-pyrrole nitrogens is 1. The Morgan fingerprint density at radius 1 is 1.15 bits per heavy atom. The Morgan fingerprint density at radius 3 is 2.38 bits per heavy atom. The van der Waals surface area contributed by atoms with E-state index in [4.69, 9.17) is 4.74 Å². The molecule has 0 spiro atoms. The van der Waals surface area contributed by atoms with Crippen molar-refractivity contribution in [3.05, 3.63) is 34.1 Å². The van der Waals surface area contributed by atoms with Gasteiger partial charge in [-0.25, -0.2) is 0 Å². The number of rotatable bonds is 1. The topological polar surface area (TPSA) is 45.3 Å². The molecule has 2 aromatic rings. The summed E-state index contributed by atoms with van der Waals surface area (Å²) in [5, 5.41) is -0.458. The van der Waals surface area contributed by atoms with Gasteiger partial charge in [-0.2, -0.15) is 26.3 Å². The fourth-order valence-electron chi connectivity index (χ4n) is 3.06. The van der Waals surface area contributed by atoms with Gasteiger partial charge in [0.1, 0.15) is 12.6 Å². The van der Waals surface area contributed by atoms with Gasteiger partial charge in [0.2, 0.25) is 5.56 Å². The first-order valence-electron chi connectivity index (χ1n) is 7.66. The number of nitrogens with zero attached hydrogens (tertiary/aromatic N) is 1. The molecule has 0 saturated heterocycles. The van der Waals surface area contributed by atoms with Gasteiger partial charge in [0.15, 0.2) is 5.75 Å². The number of halogens is 6. The summed E-state index contributed by atoms with van der Waals surface area (Å²) in [7, 11) is 0. The van der Waals surface area contributed by atoms with Crippen molar-refractivity contribution >= 4 is 16.6 Å². The van der Waals surface area contributed by atoms with Crippen LogP contribution in [0.3, 0.4) is 0 Å². The van der Waals surface area contributed by atoms with E-state index >= 15 is 0 Å². The number of aromatic nitrogens is 1. The Balaban J connectivity index is 2.32. The highest BCUT2D eigenvalue weighted by atomic mass is 19.4.